The molecule has 0 aromatic heterocycles. The van der Waals surface area contributed by atoms with Crippen molar-refractivity contribution in [3.63, 3.8) is 0 Å². The van der Waals surface area contributed by atoms with Gasteiger partial charge >= 0.3 is 0 Å². The van der Waals surface area contributed by atoms with Crippen LogP contribution in [-0.4, -0.2) is 15.0 Å². The Morgan fingerprint density at radius 2 is 2.06 bits per heavy atom. The maximum Gasteiger partial charge on any atom is 0.299 e. The minimum atomic E-state index is -3.59. The lowest BCUT2D eigenvalue weighted by molar-refractivity contribution is 0.586. The van der Waals surface area contributed by atoms with Crippen LogP contribution < -0.4 is 9.44 Å². The van der Waals surface area contributed by atoms with Gasteiger partial charge in [0.2, 0.25) is 0 Å². The van der Waals surface area contributed by atoms with Crippen LogP contribution in [0.15, 0.2) is 16.6 Å². The number of hydrogen-bond acceptors (Lipinski definition) is 2. The lowest BCUT2D eigenvalue weighted by Crippen LogP contribution is -2.30. The molecule has 0 aliphatic rings. The predicted molar refractivity (Wildman–Crippen MR) is 69.7 cm³/mol. The average Bonchev–Trinajstić information content (AvgIpc) is 2.23. The number of aryl methyl sites for hydroxylation is 1. The number of hydrogen-bond donors (Lipinski definition) is 2. The predicted octanol–water partition coefficient (Wildman–Crippen LogP) is 2.55. The molecule has 0 saturated carbocycles. The van der Waals surface area contributed by atoms with Gasteiger partial charge in [-0.05, 0) is 47.0 Å². The summed E-state index contributed by atoms with van der Waals surface area (Å²) in [6.45, 7) is 3.85. The third kappa shape index (κ3) is 4.25. The van der Waals surface area contributed by atoms with Crippen LogP contribution in [0.25, 0.3) is 0 Å². The van der Waals surface area contributed by atoms with Gasteiger partial charge < -0.3 is 0 Å². The van der Waals surface area contributed by atoms with Gasteiger partial charge in [-0.3, -0.25) is 4.72 Å². The van der Waals surface area contributed by atoms with Crippen LogP contribution in [0.4, 0.5) is 10.1 Å². The molecule has 0 saturated heterocycles. The molecule has 2 N–H and O–H groups in total. The summed E-state index contributed by atoms with van der Waals surface area (Å²) in [5, 5.41) is 0. The molecule has 96 valence electrons. The monoisotopic (exact) mass is 324 g/mol. The van der Waals surface area contributed by atoms with Crippen LogP contribution in [0.5, 0.6) is 0 Å². The molecule has 0 spiro atoms. The quantitative estimate of drug-likeness (QED) is 0.874. The topological polar surface area (TPSA) is 58.2 Å². The maximum absolute atomic E-state index is 13.2. The molecule has 0 atom stereocenters. The highest BCUT2D eigenvalue weighted by molar-refractivity contribution is 9.10. The second-order valence-corrected chi connectivity index (χ2v) is 5.94. The van der Waals surface area contributed by atoms with E-state index in [9.17, 15) is 12.8 Å². The van der Waals surface area contributed by atoms with E-state index in [1.165, 1.54) is 12.1 Å². The molecule has 1 aromatic carbocycles. The lowest BCUT2D eigenvalue weighted by Gasteiger charge is -2.11. The van der Waals surface area contributed by atoms with E-state index >= 15 is 0 Å². The van der Waals surface area contributed by atoms with E-state index in [0.29, 0.717) is 24.2 Å². The number of anilines is 1. The Morgan fingerprint density at radius 1 is 1.41 bits per heavy atom. The molecular formula is C10H14BrFN2O2S. The second kappa shape index (κ2) is 5.79. The Bertz CT molecular complexity index is 505. The third-order valence-corrected chi connectivity index (χ3v) is 3.73. The zero-order valence-electron chi connectivity index (χ0n) is 9.55. The van der Waals surface area contributed by atoms with Gasteiger partial charge in [0.15, 0.2) is 0 Å². The average molecular weight is 325 g/mol. The fraction of sp³-hybridized carbons (Fsp3) is 0.400. The molecule has 0 heterocycles. The van der Waals surface area contributed by atoms with Gasteiger partial charge in [0.1, 0.15) is 5.82 Å². The lowest BCUT2D eigenvalue weighted by atomic mass is 10.2. The van der Waals surface area contributed by atoms with Crippen LogP contribution >= 0.6 is 15.9 Å². The van der Waals surface area contributed by atoms with E-state index in [2.05, 4.69) is 25.4 Å². The van der Waals surface area contributed by atoms with Crippen molar-refractivity contribution in [1.29, 1.82) is 0 Å². The van der Waals surface area contributed by atoms with Gasteiger partial charge in [-0.25, -0.2) is 4.39 Å². The smallest absolute Gasteiger partial charge is 0.271 e. The van der Waals surface area contributed by atoms with Crippen LogP contribution in [-0.2, 0) is 10.2 Å². The second-order valence-electron chi connectivity index (χ2n) is 3.58. The summed E-state index contributed by atoms with van der Waals surface area (Å²) < 4.78 is 41.3. The summed E-state index contributed by atoms with van der Waals surface area (Å²) >= 11 is 3.01. The third-order valence-electron chi connectivity index (χ3n) is 2.05. The highest BCUT2D eigenvalue weighted by atomic mass is 79.9. The van der Waals surface area contributed by atoms with Crippen LogP contribution in [0.1, 0.15) is 18.9 Å². The van der Waals surface area contributed by atoms with E-state index in [1.54, 1.807) is 6.92 Å². The van der Waals surface area contributed by atoms with Crippen molar-refractivity contribution in [3.8, 4) is 0 Å². The molecule has 0 unspecified atom stereocenters. The van der Waals surface area contributed by atoms with Crippen molar-refractivity contribution in [2.45, 2.75) is 20.3 Å². The van der Waals surface area contributed by atoms with Crippen molar-refractivity contribution in [3.05, 3.63) is 28.0 Å². The molecular weight excluding hydrogens is 311 g/mol. The zero-order chi connectivity index (χ0) is 13.1. The molecule has 0 fully saturated rings. The van der Waals surface area contributed by atoms with Crippen molar-refractivity contribution in [2.75, 3.05) is 11.3 Å². The Balaban J connectivity index is 2.92. The number of nitrogens with one attached hydrogen (secondary N) is 2. The first-order chi connectivity index (χ1) is 7.85. The number of rotatable bonds is 5. The largest absolute Gasteiger partial charge is 0.299 e. The van der Waals surface area contributed by atoms with E-state index < -0.39 is 16.0 Å². The Kier molecular flexibility index (Phi) is 4.91. The summed E-state index contributed by atoms with van der Waals surface area (Å²) in [5.41, 5.74) is 0.870. The molecule has 0 aliphatic heterocycles. The number of halogens is 2. The fourth-order valence-electron chi connectivity index (χ4n) is 1.17. The van der Waals surface area contributed by atoms with Crippen molar-refractivity contribution in [2.24, 2.45) is 0 Å². The Morgan fingerprint density at radius 3 is 2.65 bits per heavy atom. The van der Waals surface area contributed by atoms with Gasteiger partial charge in [0.25, 0.3) is 10.2 Å². The highest BCUT2D eigenvalue weighted by Gasteiger charge is 2.12. The Hall–Kier alpha value is -0.660. The maximum atomic E-state index is 13.2. The van der Waals surface area contributed by atoms with Crippen molar-refractivity contribution >= 4 is 31.8 Å². The van der Waals surface area contributed by atoms with E-state index in [4.69, 9.17) is 0 Å². The molecule has 0 bridgehead atoms. The SMILES string of the molecule is CCCNS(=O)(=O)Nc1cc(Br)c(F)cc1C. The molecule has 17 heavy (non-hydrogen) atoms. The molecule has 1 aromatic rings. The van der Waals surface area contributed by atoms with Gasteiger partial charge in [0.05, 0.1) is 10.2 Å². The van der Waals surface area contributed by atoms with E-state index in [0.717, 1.165) is 0 Å². The molecule has 7 heteroatoms. The van der Waals surface area contributed by atoms with Crippen LogP contribution in [0.2, 0.25) is 0 Å². The molecule has 0 amide bonds. The summed E-state index contributed by atoms with van der Waals surface area (Å²) in [6.07, 6.45) is 0.701. The minimum Gasteiger partial charge on any atom is -0.271 e. The zero-order valence-corrected chi connectivity index (χ0v) is 12.0. The molecule has 1 rings (SSSR count). The first-order valence-corrected chi connectivity index (χ1v) is 7.36. The Labute approximate surface area is 109 Å². The summed E-state index contributed by atoms with van der Waals surface area (Å²) in [7, 11) is -3.59. The first-order valence-electron chi connectivity index (χ1n) is 5.08. The molecule has 4 nitrogen and oxygen atoms in total. The van der Waals surface area contributed by atoms with Gasteiger partial charge in [-0.1, -0.05) is 6.92 Å². The first kappa shape index (κ1) is 14.4. The summed E-state index contributed by atoms with van der Waals surface area (Å²) in [5.74, 6) is -0.424. The van der Waals surface area contributed by atoms with Crippen molar-refractivity contribution < 1.29 is 12.8 Å². The number of benzene rings is 1. The fourth-order valence-corrected chi connectivity index (χ4v) is 2.57. The van der Waals surface area contributed by atoms with Crippen LogP contribution in [0, 0.1) is 12.7 Å². The summed E-state index contributed by atoms with van der Waals surface area (Å²) in [6, 6.07) is 2.66. The minimum absolute atomic E-state index is 0.219. The molecule has 0 aliphatic carbocycles. The van der Waals surface area contributed by atoms with Crippen molar-refractivity contribution in [1.82, 2.24) is 4.72 Å². The van der Waals surface area contributed by atoms with Gasteiger partial charge in [0, 0.05) is 6.54 Å². The van der Waals surface area contributed by atoms with E-state index in [-0.39, 0.29) is 4.47 Å². The standard InChI is InChI=1S/C10H14BrFN2O2S/c1-3-4-13-17(15,16)14-10-6-8(11)9(12)5-7(10)2/h5-6,13-14H,3-4H2,1-2H3. The van der Waals surface area contributed by atoms with E-state index in [1.807, 2.05) is 6.92 Å². The van der Waals surface area contributed by atoms with Gasteiger partial charge in [-0.15, -0.1) is 0 Å². The highest BCUT2D eigenvalue weighted by Crippen LogP contribution is 2.24. The normalized spacial score (nSPS) is 11.5. The molecule has 0 radical (unpaired) electrons. The van der Waals surface area contributed by atoms with Gasteiger partial charge in [-0.2, -0.15) is 13.1 Å². The summed E-state index contributed by atoms with van der Waals surface area (Å²) in [4.78, 5) is 0. The van der Waals surface area contributed by atoms with Crippen LogP contribution in [0.3, 0.4) is 0 Å².